The maximum Gasteiger partial charge on any atom is 0.291 e. The van der Waals surface area contributed by atoms with Crippen molar-refractivity contribution < 1.29 is 9.66 Å². The van der Waals surface area contributed by atoms with E-state index in [9.17, 15) is 10.1 Å². The van der Waals surface area contributed by atoms with Crippen molar-refractivity contribution in [2.45, 2.75) is 31.0 Å². The number of halogens is 1. The van der Waals surface area contributed by atoms with E-state index in [0.29, 0.717) is 11.6 Å². The van der Waals surface area contributed by atoms with Gasteiger partial charge in [-0.2, -0.15) is 0 Å². The first-order chi connectivity index (χ1) is 8.01. The summed E-state index contributed by atoms with van der Waals surface area (Å²) >= 11 is 3.46. The molecule has 1 aromatic rings. The Labute approximate surface area is 108 Å². The smallest absolute Gasteiger partial charge is 0.291 e. The van der Waals surface area contributed by atoms with Crippen LogP contribution in [-0.2, 0) is 0 Å². The number of pyridine rings is 1. The Morgan fingerprint density at radius 1 is 1.59 bits per heavy atom. The molecule has 0 fully saturated rings. The molecule has 0 aromatic carbocycles. The van der Waals surface area contributed by atoms with Gasteiger partial charge in [0.05, 0.1) is 12.0 Å². The summed E-state index contributed by atoms with van der Waals surface area (Å²) in [6.45, 7) is 3.94. The molecular formula is C11H15BrN2O3. The molecule has 2 unspecified atom stereocenters. The highest BCUT2D eigenvalue weighted by Crippen LogP contribution is 2.34. The van der Waals surface area contributed by atoms with E-state index in [1.165, 1.54) is 19.2 Å². The highest BCUT2D eigenvalue weighted by molar-refractivity contribution is 9.09. The summed E-state index contributed by atoms with van der Waals surface area (Å²) in [6.07, 6.45) is 0.771. The standard InChI is InChI=1S/C11H15BrN2O3/c1-4-8(7(2)12)11-9(14(15)16)5-6-10(13-11)17-3/h5-8H,4H2,1-3H3. The molecule has 6 heteroatoms. The van der Waals surface area contributed by atoms with Crippen molar-refractivity contribution in [3.8, 4) is 5.88 Å². The number of nitro groups is 1. The SMILES string of the molecule is CCC(c1nc(OC)ccc1[N+](=O)[O-])C(C)Br. The van der Waals surface area contributed by atoms with Crippen LogP contribution in [0, 0.1) is 10.1 Å². The lowest BCUT2D eigenvalue weighted by Gasteiger charge is -2.17. The van der Waals surface area contributed by atoms with Gasteiger partial charge in [-0.25, -0.2) is 4.98 Å². The molecule has 0 spiro atoms. The minimum Gasteiger partial charge on any atom is -0.481 e. The molecule has 17 heavy (non-hydrogen) atoms. The highest BCUT2D eigenvalue weighted by atomic mass is 79.9. The number of hydrogen-bond donors (Lipinski definition) is 0. The van der Waals surface area contributed by atoms with Gasteiger partial charge < -0.3 is 4.74 Å². The van der Waals surface area contributed by atoms with Gasteiger partial charge in [0, 0.05) is 22.9 Å². The van der Waals surface area contributed by atoms with E-state index in [0.717, 1.165) is 6.42 Å². The first-order valence-corrected chi connectivity index (χ1v) is 6.26. The molecule has 1 rings (SSSR count). The fraction of sp³-hybridized carbons (Fsp3) is 0.545. The van der Waals surface area contributed by atoms with E-state index in [4.69, 9.17) is 4.74 Å². The first-order valence-electron chi connectivity index (χ1n) is 5.34. The molecule has 0 radical (unpaired) electrons. The molecule has 2 atom stereocenters. The first kappa shape index (κ1) is 13.9. The Hall–Kier alpha value is -1.17. The monoisotopic (exact) mass is 302 g/mol. The topological polar surface area (TPSA) is 65.3 Å². The van der Waals surface area contributed by atoms with Gasteiger partial charge in [-0.1, -0.05) is 29.8 Å². The number of alkyl halides is 1. The van der Waals surface area contributed by atoms with Gasteiger partial charge in [0.2, 0.25) is 5.88 Å². The second-order valence-electron chi connectivity index (χ2n) is 3.71. The summed E-state index contributed by atoms with van der Waals surface area (Å²) in [5.41, 5.74) is 0.519. The largest absolute Gasteiger partial charge is 0.481 e. The minimum absolute atomic E-state index is 0.00880. The normalized spacial score (nSPS) is 14.1. The molecule has 1 aromatic heterocycles. The van der Waals surface area contributed by atoms with Gasteiger partial charge in [0.1, 0.15) is 5.69 Å². The lowest BCUT2D eigenvalue weighted by molar-refractivity contribution is -0.386. The maximum absolute atomic E-state index is 11.0. The average Bonchev–Trinajstić information content (AvgIpc) is 2.29. The van der Waals surface area contributed by atoms with Gasteiger partial charge in [0.25, 0.3) is 5.69 Å². The molecule has 5 nitrogen and oxygen atoms in total. The van der Waals surface area contributed by atoms with E-state index in [2.05, 4.69) is 20.9 Å². The molecule has 0 aliphatic rings. The summed E-state index contributed by atoms with van der Waals surface area (Å²) in [4.78, 5) is 14.9. The Morgan fingerprint density at radius 2 is 2.24 bits per heavy atom. The molecule has 0 aliphatic heterocycles. The predicted octanol–water partition coefficient (Wildman–Crippen LogP) is 3.28. The zero-order valence-corrected chi connectivity index (χ0v) is 11.6. The molecule has 0 amide bonds. The number of hydrogen-bond acceptors (Lipinski definition) is 4. The quantitative estimate of drug-likeness (QED) is 0.475. The highest BCUT2D eigenvalue weighted by Gasteiger charge is 2.26. The Bertz CT molecular complexity index is 410. The van der Waals surface area contributed by atoms with Crippen LogP contribution in [0.4, 0.5) is 5.69 Å². The van der Waals surface area contributed by atoms with Crippen molar-refractivity contribution in [1.82, 2.24) is 4.98 Å². The summed E-state index contributed by atoms with van der Waals surface area (Å²) in [5, 5.41) is 11.0. The van der Waals surface area contributed by atoms with Crippen molar-refractivity contribution in [3.05, 3.63) is 27.9 Å². The second-order valence-corrected chi connectivity index (χ2v) is 5.15. The summed E-state index contributed by atoms with van der Waals surface area (Å²) in [5.74, 6) is 0.391. The third-order valence-electron chi connectivity index (χ3n) is 2.63. The Balaban J connectivity index is 3.29. The van der Waals surface area contributed by atoms with Gasteiger partial charge in [-0.15, -0.1) is 0 Å². The van der Waals surface area contributed by atoms with E-state index in [-0.39, 0.29) is 16.4 Å². The molecule has 0 aliphatic carbocycles. The van der Waals surface area contributed by atoms with E-state index in [1.54, 1.807) is 0 Å². The average molecular weight is 303 g/mol. The Kier molecular flexibility index (Phi) is 4.86. The predicted molar refractivity (Wildman–Crippen MR) is 68.9 cm³/mol. The van der Waals surface area contributed by atoms with Gasteiger partial charge in [0.15, 0.2) is 0 Å². The van der Waals surface area contributed by atoms with Crippen molar-refractivity contribution in [2.75, 3.05) is 7.11 Å². The van der Waals surface area contributed by atoms with Crippen molar-refractivity contribution in [3.63, 3.8) is 0 Å². The molecule has 0 saturated carbocycles. The lowest BCUT2D eigenvalue weighted by atomic mass is 9.97. The van der Waals surface area contributed by atoms with Gasteiger partial charge in [-0.05, 0) is 6.42 Å². The fourth-order valence-electron chi connectivity index (χ4n) is 1.73. The van der Waals surface area contributed by atoms with Crippen LogP contribution in [0.3, 0.4) is 0 Å². The van der Waals surface area contributed by atoms with Crippen molar-refractivity contribution in [1.29, 1.82) is 0 Å². The fourth-order valence-corrected chi connectivity index (χ4v) is 2.35. The number of aromatic nitrogens is 1. The van der Waals surface area contributed by atoms with Crippen LogP contribution >= 0.6 is 15.9 Å². The van der Waals surface area contributed by atoms with E-state index >= 15 is 0 Å². The molecule has 0 bridgehead atoms. The lowest BCUT2D eigenvalue weighted by Crippen LogP contribution is -2.12. The number of methoxy groups -OCH3 is 1. The third kappa shape index (κ3) is 3.15. The number of rotatable bonds is 5. The zero-order valence-electron chi connectivity index (χ0n) is 10.0. The third-order valence-corrected chi connectivity index (χ3v) is 3.27. The van der Waals surface area contributed by atoms with Crippen LogP contribution < -0.4 is 4.74 Å². The summed E-state index contributed by atoms with van der Waals surface area (Å²) in [6, 6.07) is 2.95. The van der Waals surface area contributed by atoms with Crippen molar-refractivity contribution >= 4 is 21.6 Å². The van der Waals surface area contributed by atoms with Crippen LogP contribution in [0.25, 0.3) is 0 Å². The van der Waals surface area contributed by atoms with Crippen molar-refractivity contribution in [2.24, 2.45) is 0 Å². The van der Waals surface area contributed by atoms with Crippen LogP contribution in [0.15, 0.2) is 12.1 Å². The molecule has 94 valence electrons. The summed E-state index contributed by atoms with van der Waals surface area (Å²) in [7, 11) is 1.50. The van der Waals surface area contributed by atoms with E-state index in [1.807, 2.05) is 13.8 Å². The number of nitrogens with zero attached hydrogens (tertiary/aromatic N) is 2. The second kappa shape index (κ2) is 5.95. The van der Waals surface area contributed by atoms with Crippen LogP contribution in [0.2, 0.25) is 0 Å². The maximum atomic E-state index is 11.0. The molecule has 0 N–H and O–H groups in total. The Morgan fingerprint density at radius 3 is 2.65 bits per heavy atom. The molecule has 0 saturated heterocycles. The zero-order chi connectivity index (χ0) is 13.0. The number of ether oxygens (including phenoxy) is 1. The summed E-state index contributed by atoms with van der Waals surface area (Å²) < 4.78 is 5.01. The van der Waals surface area contributed by atoms with Gasteiger partial charge in [-0.3, -0.25) is 10.1 Å². The molecular weight excluding hydrogens is 288 g/mol. The van der Waals surface area contributed by atoms with Crippen LogP contribution in [-0.4, -0.2) is 21.8 Å². The van der Waals surface area contributed by atoms with Crippen LogP contribution in [0.1, 0.15) is 31.9 Å². The van der Waals surface area contributed by atoms with Crippen LogP contribution in [0.5, 0.6) is 5.88 Å². The van der Waals surface area contributed by atoms with Gasteiger partial charge >= 0.3 is 0 Å². The minimum atomic E-state index is -0.403. The van der Waals surface area contributed by atoms with E-state index < -0.39 is 4.92 Å². The molecule has 1 heterocycles.